The lowest BCUT2D eigenvalue weighted by molar-refractivity contribution is -0.131. The summed E-state index contributed by atoms with van der Waals surface area (Å²) in [6.07, 6.45) is 7.63. The molecule has 1 N–H and O–H groups in total. The monoisotopic (exact) mass is 337 g/mol. The third-order valence-corrected chi connectivity index (χ3v) is 4.59. The van der Waals surface area contributed by atoms with Gasteiger partial charge >= 0.3 is 0 Å². The van der Waals surface area contributed by atoms with Crippen LogP contribution < -0.4 is 0 Å². The number of likely N-dealkylation sites (tertiary alicyclic amines) is 1. The zero-order chi connectivity index (χ0) is 17.1. The number of tetrazole rings is 1. The summed E-state index contributed by atoms with van der Waals surface area (Å²) < 4.78 is 1.59. The van der Waals surface area contributed by atoms with E-state index in [2.05, 4.69) is 25.5 Å². The number of hydrogen-bond donors (Lipinski definition) is 1. The van der Waals surface area contributed by atoms with Crippen LogP contribution in [0.4, 0.5) is 0 Å². The third-order valence-electron chi connectivity index (χ3n) is 4.59. The highest BCUT2D eigenvalue weighted by Crippen LogP contribution is 2.24. The van der Waals surface area contributed by atoms with Gasteiger partial charge in [0.05, 0.1) is 12.1 Å². The Morgan fingerprint density at radius 2 is 2.16 bits per heavy atom. The van der Waals surface area contributed by atoms with Crippen molar-refractivity contribution >= 4 is 5.91 Å². The fourth-order valence-corrected chi connectivity index (χ4v) is 3.26. The predicted molar refractivity (Wildman–Crippen MR) is 90.0 cm³/mol. The van der Waals surface area contributed by atoms with Crippen molar-refractivity contribution < 1.29 is 4.79 Å². The van der Waals surface area contributed by atoms with E-state index in [-0.39, 0.29) is 5.91 Å². The third kappa shape index (κ3) is 3.42. The molecule has 0 bridgehead atoms. The summed E-state index contributed by atoms with van der Waals surface area (Å²) in [4.78, 5) is 22.1. The topological polar surface area (TPSA) is 92.6 Å². The van der Waals surface area contributed by atoms with Gasteiger partial charge in [0, 0.05) is 31.4 Å². The number of nitrogens with one attached hydrogen (secondary N) is 1. The summed E-state index contributed by atoms with van der Waals surface area (Å²) in [5.74, 6) is 1.43. The molecule has 2 aromatic heterocycles. The molecule has 1 aliphatic heterocycles. The molecule has 1 saturated heterocycles. The Balaban J connectivity index is 1.39. The van der Waals surface area contributed by atoms with Gasteiger partial charge in [-0.2, -0.15) is 0 Å². The number of piperidine rings is 1. The first-order valence-electron chi connectivity index (χ1n) is 8.39. The molecule has 0 radical (unpaired) electrons. The number of carbonyl (C=O) groups excluding carboxylic acids is 1. The van der Waals surface area contributed by atoms with Crippen molar-refractivity contribution in [2.24, 2.45) is 0 Å². The van der Waals surface area contributed by atoms with E-state index in [1.165, 1.54) is 0 Å². The van der Waals surface area contributed by atoms with Crippen LogP contribution in [-0.4, -0.2) is 54.1 Å². The Hall–Kier alpha value is -3.03. The molecule has 0 spiro atoms. The summed E-state index contributed by atoms with van der Waals surface area (Å²) in [5, 5.41) is 11.1. The molecule has 8 nitrogen and oxygen atoms in total. The molecule has 128 valence electrons. The lowest BCUT2D eigenvalue weighted by Gasteiger charge is -2.32. The van der Waals surface area contributed by atoms with Crippen molar-refractivity contribution in [3.8, 4) is 5.69 Å². The number of amides is 1. The highest BCUT2D eigenvalue weighted by Gasteiger charge is 2.26. The first-order valence-corrected chi connectivity index (χ1v) is 8.39. The Morgan fingerprint density at radius 3 is 2.88 bits per heavy atom. The molecule has 3 heterocycles. The lowest BCUT2D eigenvalue weighted by Crippen LogP contribution is -2.40. The standard InChI is InChI=1S/C17H19N7O/c25-16(23-9-1-2-14(11-23)17-18-7-8-19-17)10-13-3-5-15(6-4-13)24-12-20-21-22-24/h3-8,12,14H,1-2,9-11H2,(H,18,19)/t14-/m1/s1. The molecule has 25 heavy (non-hydrogen) atoms. The van der Waals surface area contributed by atoms with Crippen molar-refractivity contribution in [3.63, 3.8) is 0 Å². The normalized spacial score (nSPS) is 17.6. The highest BCUT2D eigenvalue weighted by molar-refractivity contribution is 5.79. The van der Waals surface area contributed by atoms with Crippen LogP contribution in [0, 0.1) is 0 Å². The Labute approximate surface area is 144 Å². The first kappa shape index (κ1) is 15.5. The van der Waals surface area contributed by atoms with E-state index >= 15 is 0 Å². The number of hydrogen-bond acceptors (Lipinski definition) is 5. The van der Waals surface area contributed by atoms with Gasteiger partial charge in [-0.1, -0.05) is 12.1 Å². The molecular formula is C17H19N7O. The maximum absolute atomic E-state index is 12.7. The number of benzene rings is 1. The van der Waals surface area contributed by atoms with E-state index in [1.54, 1.807) is 17.2 Å². The van der Waals surface area contributed by atoms with Crippen LogP contribution in [0.5, 0.6) is 0 Å². The number of nitrogens with zero attached hydrogens (tertiary/aromatic N) is 6. The zero-order valence-corrected chi connectivity index (χ0v) is 13.7. The van der Waals surface area contributed by atoms with Crippen LogP contribution in [0.3, 0.4) is 0 Å². The Morgan fingerprint density at radius 1 is 1.28 bits per heavy atom. The van der Waals surface area contributed by atoms with E-state index in [9.17, 15) is 4.79 Å². The highest BCUT2D eigenvalue weighted by atomic mass is 16.2. The van der Waals surface area contributed by atoms with Crippen LogP contribution in [-0.2, 0) is 11.2 Å². The van der Waals surface area contributed by atoms with E-state index in [0.29, 0.717) is 12.3 Å². The van der Waals surface area contributed by atoms with Gasteiger partial charge in [0.15, 0.2) is 0 Å². The number of imidazole rings is 1. The van der Waals surface area contributed by atoms with Gasteiger partial charge in [-0.25, -0.2) is 9.67 Å². The smallest absolute Gasteiger partial charge is 0.227 e. The minimum absolute atomic E-state index is 0.159. The number of H-pyrrole nitrogens is 1. The average molecular weight is 337 g/mol. The molecule has 0 aliphatic carbocycles. The van der Waals surface area contributed by atoms with E-state index < -0.39 is 0 Å². The zero-order valence-electron chi connectivity index (χ0n) is 13.7. The molecule has 1 atom stereocenters. The molecule has 1 aromatic carbocycles. The average Bonchev–Trinajstić information content (AvgIpc) is 3.36. The van der Waals surface area contributed by atoms with Crippen LogP contribution in [0.15, 0.2) is 43.0 Å². The molecule has 3 aromatic rings. The van der Waals surface area contributed by atoms with Crippen LogP contribution in [0.25, 0.3) is 5.69 Å². The molecule has 1 fully saturated rings. The quantitative estimate of drug-likeness (QED) is 0.775. The van der Waals surface area contributed by atoms with Crippen molar-refractivity contribution in [3.05, 3.63) is 54.4 Å². The van der Waals surface area contributed by atoms with Gasteiger partial charge in [-0.05, 0) is 41.0 Å². The van der Waals surface area contributed by atoms with Crippen LogP contribution in [0.1, 0.15) is 30.1 Å². The molecule has 0 unspecified atom stereocenters. The van der Waals surface area contributed by atoms with Crippen molar-refractivity contribution in [1.82, 2.24) is 35.1 Å². The second-order valence-electron chi connectivity index (χ2n) is 6.25. The Kier molecular flexibility index (Phi) is 4.24. The van der Waals surface area contributed by atoms with Gasteiger partial charge < -0.3 is 9.88 Å². The van der Waals surface area contributed by atoms with Gasteiger partial charge in [-0.15, -0.1) is 5.10 Å². The SMILES string of the molecule is O=C(Cc1ccc(-n2cnnn2)cc1)N1CCC[C@@H](c2ncc[nH]2)C1. The largest absolute Gasteiger partial charge is 0.348 e. The first-order chi connectivity index (χ1) is 12.3. The summed E-state index contributed by atoms with van der Waals surface area (Å²) in [6, 6.07) is 7.73. The number of rotatable bonds is 4. The van der Waals surface area contributed by atoms with Gasteiger partial charge in [0.25, 0.3) is 0 Å². The minimum atomic E-state index is 0.159. The maximum Gasteiger partial charge on any atom is 0.227 e. The van der Waals surface area contributed by atoms with Gasteiger partial charge in [-0.3, -0.25) is 4.79 Å². The van der Waals surface area contributed by atoms with E-state index in [1.807, 2.05) is 35.4 Å². The fourth-order valence-electron chi connectivity index (χ4n) is 3.26. The van der Waals surface area contributed by atoms with Gasteiger partial charge in [0.1, 0.15) is 12.2 Å². The molecular weight excluding hydrogens is 318 g/mol. The maximum atomic E-state index is 12.7. The molecule has 1 aliphatic rings. The minimum Gasteiger partial charge on any atom is -0.348 e. The molecule has 1 amide bonds. The van der Waals surface area contributed by atoms with E-state index in [0.717, 1.165) is 43.0 Å². The summed E-state index contributed by atoms with van der Waals surface area (Å²) >= 11 is 0. The second-order valence-corrected chi connectivity index (χ2v) is 6.25. The number of carbonyl (C=O) groups is 1. The van der Waals surface area contributed by atoms with Crippen molar-refractivity contribution in [2.45, 2.75) is 25.2 Å². The molecule has 8 heteroatoms. The molecule has 4 rings (SSSR count). The Bertz CT molecular complexity index is 811. The van der Waals surface area contributed by atoms with Crippen LogP contribution in [0.2, 0.25) is 0 Å². The fraction of sp³-hybridized carbons (Fsp3) is 0.353. The second kappa shape index (κ2) is 6.84. The van der Waals surface area contributed by atoms with Crippen molar-refractivity contribution in [1.29, 1.82) is 0 Å². The van der Waals surface area contributed by atoms with E-state index in [4.69, 9.17) is 0 Å². The number of aromatic amines is 1. The number of aromatic nitrogens is 6. The molecule has 0 saturated carbocycles. The summed E-state index contributed by atoms with van der Waals surface area (Å²) in [5.41, 5.74) is 1.86. The lowest BCUT2D eigenvalue weighted by atomic mass is 9.96. The van der Waals surface area contributed by atoms with Crippen molar-refractivity contribution in [2.75, 3.05) is 13.1 Å². The van der Waals surface area contributed by atoms with Crippen LogP contribution >= 0.6 is 0 Å². The predicted octanol–water partition coefficient (Wildman–Crippen LogP) is 1.33. The summed E-state index contributed by atoms with van der Waals surface area (Å²) in [7, 11) is 0. The summed E-state index contributed by atoms with van der Waals surface area (Å²) in [6.45, 7) is 1.55. The van der Waals surface area contributed by atoms with Gasteiger partial charge in [0.2, 0.25) is 5.91 Å².